The molecule has 0 saturated carbocycles. The largest absolute Gasteiger partial charge is 0.479 e. The summed E-state index contributed by atoms with van der Waals surface area (Å²) in [5.74, 6) is -1.04. The second kappa shape index (κ2) is 6.41. The number of aliphatic carboxylic acids is 1. The van der Waals surface area contributed by atoms with Gasteiger partial charge in [-0.15, -0.1) is 0 Å². The van der Waals surface area contributed by atoms with E-state index in [1.54, 1.807) is 4.90 Å². The minimum atomic E-state index is -1.29. The first-order valence-corrected chi connectivity index (χ1v) is 7.07. The minimum absolute atomic E-state index is 0.0194. The minimum Gasteiger partial charge on any atom is -0.479 e. The van der Waals surface area contributed by atoms with E-state index in [0.717, 1.165) is 19.4 Å². The molecular formula is C13H22N2O5. The average Bonchev–Trinajstić information content (AvgIpc) is 3.07. The van der Waals surface area contributed by atoms with Gasteiger partial charge in [0.05, 0.1) is 12.7 Å². The third kappa shape index (κ3) is 3.21. The van der Waals surface area contributed by atoms with Gasteiger partial charge in [0, 0.05) is 32.7 Å². The molecule has 2 aliphatic heterocycles. The van der Waals surface area contributed by atoms with Gasteiger partial charge in [0.25, 0.3) is 0 Å². The number of urea groups is 1. The first-order valence-electron chi connectivity index (χ1n) is 7.07. The molecule has 7 nitrogen and oxygen atoms in total. The fraction of sp³-hybridized carbons (Fsp3) is 0.846. The molecule has 0 aromatic heterocycles. The lowest BCUT2D eigenvalue weighted by molar-refractivity contribution is -0.144. The Kier molecular flexibility index (Phi) is 4.82. The summed E-state index contributed by atoms with van der Waals surface area (Å²) in [6.07, 6.45) is 2.31. The maximum atomic E-state index is 12.3. The van der Waals surface area contributed by atoms with E-state index < -0.39 is 11.5 Å². The highest BCUT2D eigenvalue weighted by Gasteiger charge is 2.44. The predicted octanol–water partition coefficient (Wildman–Crippen LogP) is 0.441. The summed E-state index contributed by atoms with van der Waals surface area (Å²) in [6.45, 7) is 3.99. The molecule has 0 bridgehead atoms. The van der Waals surface area contributed by atoms with Gasteiger partial charge in [-0.1, -0.05) is 0 Å². The third-order valence-electron chi connectivity index (χ3n) is 3.89. The molecule has 20 heavy (non-hydrogen) atoms. The summed E-state index contributed by atoms with van der Waals surface area (Å²) in [5, 5.41) is 11.9. The predicted molar refractivity (Wildman–Crippen MR) is 70.6 cm³/mol. The first-order chi connectivity index (χ1) is 9.57. The quantitative estimate of drug-likeness (QED) is 0.765. The van der Waals surface area contributed by atoms with Gasteiger partial charge in [0.1, 0.15) is 0 Å². The Hall–Kier alpha value is -1.34. The summed E-state index contributed by atoms with van der Waals surface area (Å²) >= 11 is 0. The second-order valence-electron chi connectivity index (χ2n) is 5.29. The Balaban J connectivity index is 1.95. The van der Waals surface area contributed by atoms with Crippen molar-refractivity contribution in [2.75, 3.05) is 32.9 Å². The number of amides is 2. The lowest BCUT2D eigenvalue weighted by Crippen LogP contribution is -2.59. The lowest BCUT2D eigenvalue weighted by Gasteiger charge is -2.30. The van der Waals surface area contributed by atoms with Crippen LogP contribution in [0.3, 0.4) is 0 Å². The fourth-order valence-electron chi connectivity index (χ4n) is 2.56. The molecule has 2 rings (SSSR count). The molecule has 0 spiro atoms. The number of ether oxygens (including phenoxy) is 2. The summed E-state index contributed by atoms with van der Waals surface area (Å²) < 4.78 is 10.6. The molecule has 2 amide bonds. The highest BCUT2D eigenvalue weighted by molar-refractivity contribution is 5.86. The number of carbonyl (C=O) groups excluding carboxylic acids is 1. The highest BCUT2D eigenvalue weighted by Crippen LogP contribution is 2.20. The number of nitrogens with one attached hydrogen (secondary N) is 1. The maximum absolute atomic E-state index is 12.3. The standard InChI is InChI=1S/C13H22N2O5/c1-2-15(8-10-4-3-6-20-10)12(18)14-13(11(16)17)5-7-19-9-13/h10H,2-9H2,1H3,(H,14,18)(H,16,17). The number of carboxylic acids is 1. The Morgan fingerprint density at radius 1 is 1.45 bits per heavy atom. The van der Waals surface area contributed by atoms with Gasteiger partial charge in [-0.2, -0.15) is 0 Å². The Morgan fingerprint density at radius 2 is 2.25 bits per heavy atom. The van der Waals surface area contributed by atoms with Gasteiger partial charge in [-0.25, -0.2) is 9.59 Å². The number of likely N-dealkylation sites (N-methyl/N-ethyl adjacent to an activating group) is 1. The molecule has 2 fully saturated rings. The van der Waals surface area contributed by atoms with E-state index in [9.17, 15) is 14.7 Å². The monoisotopic (exact) mass is 286 g/mol. The molecule has 2 atom stereocenters. The van der Waals surface area contributed by atoms with E-state index >= 15 is 0 Å². The molecule has 0 aliphatic carbocycles. The third-order valence-corrected chi connectivity index (χ3v) is 3.89. The van der Waals surface area contributed by atoms with Crippen molar-refractivity contribution in [1.29, 1.82) is 0 Å². The van der Waals surface area contributed by atoms with Gasteiger partial charge in [-0.3, -0.25) is 0 Å². The van der Waals surface area contributed by atoms with Crippen molar-refractivity contribution in [3.63, 3.8) is 0 Å². The van der Waals surface area contributed by atoms with Gasteiger partial charge >= 0.3 is 12.0 Å². The van der Waals surface area contributed by atoms with Gasteiger partial charge in [0.15, 0.2) is 5.54 Å². The lowest BCUT2D eigenvalue weighted by atomic mass is 9.99. The van der Waals surface area contributed by atoms with Crippen LogP contribution in [0.5, 0.6) is 0 Å². The molecule has 0 aromatic rings. The molecule has 2 heterocycles. The van der Waals surface area contributed by atoms with Crippen LogP contribution in [-0.2, 0) is 14.3 Å². The Labute approximate surface area is 118 Å². The smallest absolute Gasteiger partial charge is 0.332 e. The fourth-order valence-corrected chi connectivity index (χ4v) is 2.56. The van der Waals surface area contributed by atoms with E-state index in [-0.39, 0.29) is 18.7 Å². The molecule has 2 unspecified atom stereocenters. The van der Waals surface area contributed by atoms with E-state index in [4.69, 9.17) is 9.47 Å². The van der Waals surface area contributed by atoms with Crippen LogP contribution in [0.15, 0.2) is 0 Å². The molecule has 0 aromatic carbocycles. The van der Waals surface area contributed by atoms with Crippen LogP contribution in [0.25, 0.3) is 0 Å². The molecule has 2 N–H and O–H groups in total. The highest BCUT2D eigenvalue weighted by atomic mass is 16.5. The Bertz CT molecular complexity index is 362. The number of nitrogens with zero attached hydrogens (tertiary/aromatic N) is 1. The maximum Gasteiger partial charge on any atom is 0.332 e. The van der Waals surface area contributed by atoms with Crippen LogP contribution in [0.4, 0.5) is 4.79 Å². The molecule has 7 heteroatoms. The molecule has 114 valence electrons. The van der Waals surface area contributed by atoms with Gasteiger partial charge in [-0.05, 0) is 19.8 Å². The van der Waals surface area contributed by atoms with Crippen molar-refractivity contribution in [3.05, 3.63) is 0 Å². The second-order valence-corrected chi connectivity index (χ2v) is 5.29. The number of rotatable bonds is 5. The van der Waals surface area contributed by atoms with Crippen molar-refractivity contribution in [1.82, 2.24) is 10.2 Å². The zero-order valence-corrected chi connectivity index (χ0v) is 11.8. The SMILES string of the molecule is CCN(CC1CCCO1)C(=O)NC1(C(=O)O)CCOC1. The van der Waals surface area contributed by atoms with Crippen LogP contribution >= 0.6 is 0 Å². The Morgan fingerprint density at radius 3 is 2.75 bits per heavy atom. The molecular weight excluding hydrogens is 264 g/mol. The van der Waals surface area contributed by atoms with E-state index in [2.05, 4.69) is 5.32 Å². The molecule has 0 radical (unpaired) electrons. The number of carbonyl (C=O) groups is 2. The number of carboxylic acid groups (broad SMARTS) is 1. The topological polar surface area (TPSA) is 88.1 Å². The number of hydrogen-bond donors (Lipinski definition) is 2. The normalized spacial score (nSPS) is 29.4. The van der Waals surface area contributed by atoms with E-state index in [0.29, 0.717) is 26.1 Å². The van der Waals surface area contributed by atoms with Crippen molar-refractivity contribution >= 4 is 12.0 Å². The zero-order valence-electron chi connectivity index (χ0n) is 11.8. The van der Waals surface area contributed by atoms with Crippen molar-refractivity contribution < 1.29 is 24.2 Å². The van der Waals surface area contributed by atoms with Crippen molar-refractivity contribution in [2.24, 2.45) is 0 Å². The summed E-state index contributed by atoms with van der Waals surface area (Å²) in [5.41, 5.74) is -1.29. The van der Waals surface area contributed by atoms with E-state index in [1.165, 1.54) is 0 Å². The van der Waals surface area contributed by atoms with Gasteiger partial charge in [0.2, 0.25) is 0 Å². The van der Waals surface area contributed by atoms with Crippen molar-refractivity contribution in [2.45, 2.75) is 37.8 Å². The van der Waals surface area contributed by atoms with Crippen LogP contribution in [0.2, 0.25) is 0 Å². The van der Waals surface area contributed by atoms with Crippen LogP contribution in [-0.4, -0.2) is 66.6 Å². The zero-order chi connectivity index (χ0) is 14.6. The number of hydrogen-bond acceptors (Lipinski definition) is 4. The van der Waals surface area contributed by atoms with Crippen LogP contribution in [0.1, 0.15) is 26.2 Å². The summed E-state index contributed by atoms with van der Waals surface area (Å²) in [6, 6.07) is -0.365. The molecule has 2 aliphatic rings. The molecule has 2 saturated heterocycles. The van der Waals surface area contributed by atoms with E-state index in [1.807, 2.05) is 6.92 Å². The van der Waals surface area contributed by atoms with Gasteiger partial charge < -0.3 is 24.8 Å². The van der Waals surface area contributed by atoms with Crippen molar-refractivity contribution in [3.8, 4) is 0 Å². The summed E-state index contributed by atoms with van der Waals surface area (Å²) in [4.78, 5) is 25.2. The first kappa shape index (κ1) is 15.1. The van der Waals surface area contributed by atoms with Crippen LogP contribution in [0, 0.1) is 0 Å². The van der Waals surface area contributed by atoms with Crippen LogP contribution < -0.4 is 5.32 Å². The average molecular weight is 286 g/mol. The summed E-state index contributed by atoms with van der Waals surface area (Å²) in [7, 11) is 0.